The lowest BCUT2D eigenvalue weighted by Crippen LogP contribution is -2.55. The standard InChI is InChI=1S/C13H25NO2/c1-4-13(5-2,12(15)16-6-3)14-11-9-7-8-10-11/h11,14H,4-10H2,1-3H3. The van der Waals surface area contributed by atoms with Crippen molar-refractivity contribution in [2.75, 3.05) is 6.61 Å². The average Bonchev–Trinajstić information content (AvgIpc) is 2.79. The van der Waals surface area contributed by atoms with Crippen LogP contribution in [0.4, 0.5) is 0 Å². The van der Waals surface area contributed by atoms with Crippen molar-refractivity contribution in [3.8, 4) is 0 Å². The van der Waals surface area contributed by atoms with Crippen LogP contribution in [0.2, 0.25) is 0 Å². The van der Waals surface area contributed by atoms with Gasteiger partial charge in [-0.25, -0.2) is 0 Å². The second kappa shape index (κ2) is 6.24. The Labute approximate surface area is 98.9 Å². The van der Waals surface area contributed by atoms with Crippen LogP contribution in [0.15, 0.2) is 0 Å². The highest BCUT2D eigenvalue weighted by Gasteiger charge is 2.38. The molecule has 0 atom stereocenters. The van der Waals surface area contributed by atoms with E-state index in [0.717, 1.165) is 12.8 Å². The summed E-state index contributed by atoms with van der Waals surface area (Å²) in [7, 11) is 0. The number of nitrogens with one attached hydrogen (secondary N) is 1. The highest BCUT2D eigenvalue weighted by atomic mass is 16.5. The fourth-order valence-corrected chi connectivity index (χ4v) is 2.53. The number of carbonyl (C=O) groups is 1. The lowest BCUT2D eigenvalue weighted by atomic mass is 9.91. The van der Waals surface area contributed by atoms with Crippen LogP contribution in [0.1, 0.15) is 59.3 Å². The van der Waals surface area contributed by atoms with Crippen LogP contribution in [0.5, 0.6) is 0 Å². The van der Waals surface area contributed by atoms with E-state index in [2.05, 4.69) is 19.2 Å². The van der Waals surface area contributed by atoms with Crippen molar-refractivity contribution in [1.29, 1.82) is 0 Å². The molecule has 1 saturated carbocycles. The minimum atomic E-state index is -0.453. The third-order valence-corrected chi connectivity index (χ3v) is 3.71. The van der Waals surface area contributed by atoms with E-state index >= 15 is 0 Å². The van der Waals surface area contributed by atoms with Crippen LogP contribution in [0.3, 0.4) is 0 Å². The molecule has 0 amide bonds. The molecule has 0 bridgehead atoms. The first-order chi connectivity index (χ1) is 7.68. The number of carbonyl (C=O) groups excluding carboxylic acids is 1. The first-order valence-electron chi connectivity index (χ1n) is 6.63. The SMILES string of the molecule is CCOC(=O)C(CC)(CC)NC1CCCC1. The molecule has 3 nitrogen and oxygen atoms in total. The molecule has 1 N–H and O–H groups in total. The number of ether oxygens (including phenoxy) is 1. The lowest BCUT2D eigenvalue weighted by molar-refractivity contribution is -0.152. The van der Waals surface area contributed by atoms with Crippen LogP contribution < -0.4 is 5.32 Å². The monoisotopic (exact) mass is 227 g/mol. The summed E-state index contributed by atoms with van der Waals surface area (Å²) in [4.78, 5) is 12.0. The Kier molecular flexibility index (Phi) is 5.26. The Bertz CT molecular complexity index is 218. The molecule has 0 spiro atoms. The Hall–Kier alpha value is -0.570. The summed E-state index contributed by atoms with van der Waals surface area (Å²) in [5.74, 6) is -0.0769. The van der Waals surface area contributed by atoms with Crippen LogP contribution in [0, 0.1) is 0 Å². The summed E-state index contributed by atoms with van der Waals surface area (Å²) in [5.41, 5.74) is -0.453. The minimum absolute atomic E-state index is 0.0769. The predicted molar refractivity (Wildman–Crippen MR) is 65.3 cm³/mol. The largest absolute Gasteiger partial charge is 0.465 e. The average molecular weight is 227 g/mol. The van der Waals surface area contributed by atoms with E-state index in [1.165, 1.54) is 25.7 Å². The second-order valence-electron chi connectivity index (χ2n) is 4.64. The fourth-order valence-electron chi connectivity index (χ4n) is 2.53. The molecule has 0 aromatic heterocycles. The van der Waals surface area contributed by atoms with E-state index in [-0.39, 0.29) is 5.97 Å². The normalized spacial score (nSPS) is 17.7. The topological polar surface area (TPSA) is 38.3 Å². The maximum atomic E-state index is 12.0. The van der Waals surface area contributed by atoms with Gasteiger partial charge in [-0.05, 0) is 32.6 Å². The molecule has 1 aliphatic rings. The zero-order valence-corrected chi connectivity index (χ0v) is 10.8. The number of hydrogen-bond acceptors (Lipinski definition) is 3. The lowest BCUT2D eigenvalue weighted by Gasteiger charge is -2.33. The predicted octanol–water partition coefficient (Wildman–Crippen LogP) is 2.64. The molecule has 0 saturated heterocycles. The van der Waals surface area contributed by atoms with E-state index in [0.29, 0.717) is 12.6 Å². The third-order valence-electron chi connectivity index (χ3n) is 3.71. The zero-order valence-electron chi connectivity index (χ0n) is 10.8. The van der Waals surface area contributed by atoms with Crippen molar-refractivity contribution in [3.63, 3.8) is 0 Å². The number of rotatable bonds is 6. The van der Waals surface area contributed by atoms with E-state index in [1.54, 1.807) is 0 Å². The van der Waals surface area contributed by atoms with Gasteiger partial charge in [-0.3, -0.25) is 10.1 Å². The molecule has 0 heterocycles. The fraction of sp³-hybridized carbons (Fsp3) is 0.923. The molecular formula is C13H25NO2. The Morgan fingerprint density at radius 2 is 1.81 bits per heavy atom. The van der Waals surface area contributed by atoms with Crippen molar-refractivity contribution >= 4 is 5.97 Å². The quantitative estimate of drug-likeness (QED) is 0.709. The van der Waals surface area contributed by atoms with Gasteiger partial charge in [-0.1, -0.05) is 26.7 Å². The molecule has 3 heteroatoms. The van der Waals surface area contributed by atoms with Crippen LogP contribution in [-0.2, 0) is 9.53 Å². The van der Waals surface area contributed by atoms with Crippen LogP contribution in [-0.4, -0.2) is 24.2 Å². The van der Waals surface area contributed by atoms with Gasteiger partial charge in [0.15, 0.2) is 0 Å². The molecule has 0 aromatic rings. The molecule has 94 valence electrons. The van der Waals surface area contributed by atoms with Gasteiger partial charge in [0.1, 0.15) is 5.54 Å². The molecule has 0 unspecified atom stereocenters. The van der Waals surface area contributed by atoms with Gasteiger partial charge in [-0.15, -0.1) is 0 Å². The first kappa shape index (κ1) is 13.5. The van der Waals surface area contributed by atoms with Crippen LogP contribution in [0.25, 0.3) is 0 Å². The maximum absolute atomic E-state index is 12.0. The highest BCUT2D eigenvalue weighted by molar-refractivity contribution is 5.80. The molecule has 1 rings (SSSR count). The van der Waals surface area contributed by atoms with E-state index in [1.807, 2.05) is 6.92 Å². The van der Waals surface area contributed by atoms with Gasteiger partial charge in [0.25, 0.3) is 0 Å². The van der Waals surface area contributed by atoms with E-state index < -0.39 is 5.54 Å². The van der Waals surface area contributed by atoms with Crippen molar-refractivity contribution in [3.05, 3.63) is 0 Å². The smallest absolute Gasteiger partial charge is 0.326 e. The molecule has 1 aliphatic carbocycles. The van der Waals surface area contributed by atoms with Gasteiger partial charge < -0.3 is 4.74 Å². The van der Waals surface area contributed by atoms with Gasteiger partial charge in [-0.2, -0.15) is 0 Å². The minimum Gasteiger partial charge on any atom is -0.465 e. The molecule has 0 aromatic carbocycles. The third kappa shape index (κ3) is 2.97. The summed E-state index contributed by atoms with van der Waals surface area (Å²) in [6.07, 6.45) is 6.56. The van der Waals surface area contributed by atoms with E-state index in [4.69, 9.17) is 4.74 Å². The number of hydrogen-bond donors (Lipinski definition) is 1. The molecule has 1 fully saturated rings. The highest BCUT2D eigenvalue weighted by Crippen LogP contribution is 2.25. The summed E-state index contributed by atoms with van der Waals surface area (Å²) >= 11 is 0. The Balaban J connectivity index is 2.65. The van der Waals surface area contributed by atoms with Gasteiger partial charge in [0.05, 0.1) is 6.61 Å². The number of esters is 1. The van der Waals surface area contributed by atoms with E-state index in [9.17, 15) is 4.79 Å². The summed E-state index contributed by atoms with van der Waals surface area (Å²) in [6, 6.07) is 0.504. The summed E-state index contributed by atoms with van der Waals surface area (Å²) in [6.45, 7) is 6.45. The van der Waals surface area contributed by atoms with Gasteiger partial charge in [0.2, 0.25) is 0 Å². The maximum Gasteiger partial charge on any atom is 0.326 e. The van der Waals surface area contributed by atoms with Crippen molar-refractivity contribution in [1.82, 2.24) is 5.32 Å². The summed E-state index contributed by atoms with van der Waals surface area (Å²) < 4.78 is 5.20. The van der Waals surface area contributed by atoms with Gasteiger partial charge in [0, 0.05) is 6.04 Å². The van der Waals surface area contributed by atoms with Gasteiger partial charge >= 0.3 is 5.97 Å². The molecule has 0 aliphatic heterocycles. The summed E-state index contributed by atoms with van der Waals surface area (Å²) in [5, 5.41) is 3.54. The van der Waals surface area contributed by atoms with Crippen molar-refractivity contribution < 1.29 is 9.53 Å². The Morgan fingerprint density at radius 1 is 1.25 bits per heavy atom. The zero-order chi connectivity index (χ0) is 12.0. The molecule has 0 radical (unpaired) electrons. The van der Waals surface area contributed by atoms with Crippen molar-refractivity contribution in [2.24, 2.45) is 0 Å². The van der Waals surface area contributed by atoms with Crippen molar-refractivity contribution in [2.45, 2.75) is 70.9 Å². The second-order valence-corrected chi connectivity index (χ2v) is 4.64. The molecular weight excluding hydrogens is 202 g/mol. The first-order valence-corrected chi connectivity index (χ1v) is 6.63. The van der Waals surface area contributed by atoms with Crippen LogP contribution >= 0.6 is 0 Å². The Morgan fingerprint density at radius 3 is 2.25 bits per heavy atom. The molecule has 16 heavy (non-hydrogen) atoms.